The molecular weight excluding hydrogens is 140 g/mol. The highest BCUT2D eigenvalue weighted by atomic mass is 16.3. The van der Waals surface area contributed by atoms with Crippen LogP contribution in [-0.2, 0) is 0 Å². The normalized spacial score (nSPS) is 37.6. The van der Waals surface area contributed by atoms with E-state index in [4.69, 9.17) is 0 Å². The van der Waals surface area contributed by atoms with Gasteiger partial charge in [-0.2, -0.15) is 0 Å². The first-order chi connectivity index (χ1) is 5.16. The van der Waals surface area contributed by atoms with Crippen molar-refractivity contribution in [3.05, 3.63) is 24.8 Å². The number of rotatable bonds is 2. The van der Waals surface area contributed by atoms with E-state index in [1.54, 1.807) is 6.08 Å². The molecule has 0 aromatic heterocycles. The Labute approximate surface area is 66.9 Å². The highest BCUT2D eigenvalue weighted by Crippen LogP contribution is 2.32. The van der Waals surface area contributed by atoms with Crippen molar-refractivity contribution in [3.63, 3.8) is 0 Å². The van der Waals surface area contributed by atoms with Gasteiger partial charge < -0.3 is 10.2 Å². The zero-order chi connectivity index (χ0) is 8.43. The van der Waals surface area contributed by atoms with Gasteiger partial charge in [0.2, 0.25) is 0 Å². The molecule has 1 rings (SSSR count). The van der Waals surface area contributed by atoms with Crippen LogP contribution < -0.4 is 0 Å². The number of hydrogen-bond donors (Lipinski definition) is 2. The van der Waals surface area contributed by atoms with Gasteiger partial charge in [0.15, 0.2) is 0 Å². The molecule has 0 saturated heterocycles. The Kier molecular flexibility index (Phi) is 2.47. The molecule has 3 unspecified atom stereocenters. The fourth-order valence-corrected chi connectivity index (χ4v) is 1.53. The highest BCUT2D eigenvalue weighted by molar-refractivity contribution is 5.16. The quantitative estimate of drug-likeness (QED) is 0.579. The molecule has 0 aliphatic heterocycles. The van der Waals surface area contributed by atoms with Crippen LogP contribution in [0.5, 0.6) is 0 Å². The number of hydrogen-bond acceptors (Lipinski definition) is 2. The lowest BCUT2D eigenvalue weighted by Crippen LogP contribution is -2.12. The van der Waals surface area contributed by atoms with Crippen LogP contribution >= 0.6 is 0 Å². The van der Waals surface area contributed by atoms with Crippen molar-refractivity contribution in [1.29, 1.82) is 0 Å². The lowest BCUT2D eigenvalue weighted by atomic mass is 9.98. The number of aliphatic hydroxyl groups is 2. The molecule has 1 saturated carbocycles. The van der Waals surface area contributed by atoms with Crippen LogP contribution in [0, 0.1) is 5.92 Å². The molecule has 0 amide bonds. The van der Waals surface area contributed by atoms with Crippen molar-refractivity contribution in [2.45, 2.75) is 25.0 Å². The lowest BCUT2D eigenvalue weighted by molar-refractivity contribution is 0.120. The van der Waals surface area contributed by atoms with Crippen molar-refractivity contribution in [3.8, 4) is 0 Å². The van der Waals surface area contributed by atoms with Crippen LogP contribution in [0.2, 0.25) is 0 Å². The molecule has 0 aromatic rings. The predicted molar refractivity (Wildman–Crippen MR) is 44.1 cm³/mol. The van der Waals surface area contributed by atoms with Gasteiger partial charge in [0.05, 0.1) is 12.2 Å². The van der Waals surface area contributed by atoms with Crippen molar-refractivity contribution in [2.24, 2.45) is 5.92 Å². The van der Waals surface area contributed by atoms with Gasteiger partial charge in [-0.15, -0.1) is 6.58 Å². The number of aliphatic hydroxyl groups excluding tert-OH is 2. The van der Waals surface area contributed by atoms with Crippen LogP contribution in [0.15, 0.2) is 24.8 Å². The summed E-state index contributed by atoms with van der Waals surface area (Å²) in [5.41, 5.74) is 0.748. The maximum atomic E-state index is 9.39. The third-order valence-corrected chi connectivity index (χ3v) is 2.25. The second-order valence-corrected chi connectivity index (χ2v) is 3.02. The maximum Gasteiger partial charge on any atom is 0.0776 e. The van der Waals surface area contributed by atoms with Gasteiger partial charge in [-0.05, 0) is 12.0 Å². The zero-order valence-electron chi connectivity index (χ0n) is 6.53. The van der Waals surface area contributed by atoms with E-state index < -0.39 is 12.2 Å². The van der Waals surface area contributed by atoms with E-state index in [2.05, 4.69) is 13.2 Å². The summed E-state index contributed by atoms with van der Waals surface area (Å²) in [7, 11) is 0. The molecule has 2 N–H and O–H groups in total. The van der Waals surface area contributed by atoms with Crippen LogP contribution in [0.1, 0.15) is 12.8 Å². The first-order valence-corrected chi connectivity index (χ1v) is 3.82. The fourth-order valence-electron chi connectivity index (χ4n) is 1.53. The molecule has 62 valence electrons. The van der Waals surface area contributed by atoms with Gasteiger partial charge in [0.25, 0.3) is 0 Å². The Balaban J connectivity index is 2.63. The monoisotopic (exact) mass is 154 g/mol. The van der Waals surface area contributed by atoms with Crippen LogP contribution in [0.4, 0.5) is 0 Å². The van der Waals surface area contributed by atoms with Crippen LogP contribution in [0.25, 0.3) is 0 Å². The van der Waals surface area contributed by atoms with Gasteiger partial charge in [-0.25, -0.2) is 0 Å². The molecule has 0 spiro atoms. The minimum Gasteiger partial charge on any atom is -0.392 e. The molecular formula is C9H14O2. The minimum atomic E-state index is -0.519. The fraction of sp³-hybridized carbons (Fsp3) is 0.556. The molecule has 3 atom stereocenters. The summed E-state index contributed by atoms with van der Waals surface area (Å²) in [6.07, 6.45) is 1.93. The first-order valence-electron chi connectivity index (χ1n) is 3.82. The van der Waals surface area contributed by atoms with E-state index in [0.717, 1.165) is 5.57 Å². The Morgan fingerprint density at radius 2 is 2.18 bits per heavy atom. The molecule has 11 heavy (non-hydrogen) atoms. The lowest BCUT2D eigenvalue weighted by Gasteiger charge is -2.12. The molecule has 1 aliphatic carbocycles. The molecule has 0 aromatic carbocycles. The smallest absolute Gasteiger partial charge is 0.0776 e. The highest BCUT2D eigenvalue weighted by Gasteiger charge is 2.34. The molecule has 2 heteroatoms. The Bertz CT molecular complexity index is 174. The van der Waals surface area contributed by atoms with Crippen molar-refractivity contribution in [2.75, 3.05) is 0 Å². The molecule has 2 nitrogen and oxygen atoms in total. The first kappa shape index (κ1) is 8.50. The summed E-state index contributed by atoms with van der Waals surface area (Å²) < 4.78 is 0. The van der Waals surface area contributed by atoms with Crippen LogP contribution in [0.3, 0.4) is 0 Å². The van der Waals surface area contributed by atoms with Gasteiger partial charge in [-0.3, -0.25) is 0 Å². The Hall–Kier alpha value is -0.600. The Morgan fingerprint density at radius 1 is 1.55 bits per heavy atom. The van der Waals surface area contributed by atoms with E-state index in [1.807, 2.05) is 0 Å². The summed E-state index contributed by atoms with van der Waals surface area (Å²) in [4.78, 5) is 0. The average molecular weight is 154 g/mol. The van der Waals surface area contributed by atoms with E-state index in [1.165, 1.54) is 0 Å². The van der Waals surface area contributed by atoms with Gasteiger partial charge in [0, 0.05) is 12.3 Å². The van der Waals surface area contributed by atoms with E-state index in [9.17, 15) is 10.2 Å². The third kappa shape index (κ3) is 1.52. The molecule has 1 aliphatic rings. The van der Waals surface area contributed by atoms with Gasteiger partial charge >= 0.3 is 0 Å². The summed E-state index contributed by atoms with van der Waals surface area (Å²) in [5.74, 6) is 0.0162. The average Bonchev–Trinajstić information content (AvgIpc) is 2.17. The summed E-state index contributed by atoms with van der Waals surface area (Å²) in [5, 5.41) is 18.7. The van der Waals surface area contributed by atoms with Crippen LogP contribution in [-0.4, -0.2) is 22.4 Å². The largest absolute Gasteiger partial charge is 0.392 e. The topological polar surface area (TPSA) is 40.5 Å². The van der Waals surface area contributed by atoms with Crippen molar-refractivity contribution >= 4 is 0 Å². The Morgan fingerprint density at radius 3 is 2.55 bits per heavy atom. The van der Waals surface area contributed by atoms with E-state index in [-0.39, 0.29) is 5.92 Å². The third-order valence-electron chi connectivity index (χ3n) is 2.25. The van der Waals surface area contributed by atoms with Gasteiger partial charge in [-0.1, -0.05) is 12.7 Å². The molecule has 0 radical (unpaired) electrons. The van der Waals surface area contributed by atoms with E-state index in [0.29, 0.717) is 12.8 Å². The summed E-state index contributed by atoms with van der Waals surface area (Å²) in [6, 6.07) is 0. The number of allylic oxidation sites excluding steroid dienone is 1. The molecule has 0 heterocycles. The summed E-state index contributed by atoms with van der Waals surface area (Å²) in [6.45, 7) is 7.31. The zero-order valence-corrected chi connectivity index (χ0v) is 6.53. The predicted octanol–water partition coefficient (Wildman–Crippen LogP) is 0.860. The summed E-state index contributed by atoms with van der Waals surface area (Å²) >= 11 is 0. The SMILES string of the molecule is C=CCC1C(=C)C(O)CC1O. The van der Waals surface area contributed by atoms with Gasteiger partial charge in [0.1, 0.15) is 0 Å². The maximum absolute atomic E-state index is 9.39. The second-order valence-electron chi connectivity index (χ2n) is 3.02. The second kappa shape index (κ2) is 3.20. The van der Waals surface area contributed by atoms with E-state index >= 15 is 0 Å². The molecule has 0 bridgehead atoms. The minimum absolute atomic E-state index is 0.0162. The van der Waals surface area contributed by atoms with Crippen molar-refractivity contribution in [1.82, 2.24) is 0 Å². The molecule has 1 fully saturated rings. The van der Waals surface area contributed by atoms with Crippen molar-refractivity contribution < 1.29 is 10.2 Å². The standard InChI is InChI=1S/C9H14O2/c1-3-4-7-6(2)8(10)5-9(7)11/h3,7-11H,1-2,4-5H2.